The molecule has 130 valence electrons. The molecule has 2 rings (SSSR count). The van der Waals surface area contributed by atoms with Gasteiger partial charge in [-0.05, 0) is 37.8 Å². The van der Waals surface area contributed by atoms with Crippen molar-refractivity contribution in [1.82, 2.24) is 9.80 Å². The van der Waals surface area contributed by atoms with Crippen molar-refractivity contribution in [1.29, 1.82) is 0 Å². The van der Waals surface area contributed by atoms with E-state index in [-0.39, 0.29) is 24.3 Å². The van der Waals surface area contributed by atoms with Crippen molar-refractivity contribution in [3.8, 4) is 0 Å². The van der Waals surface area contributed by atoms with Crippen LogP contribution in [0.2, 0.25) is 0 Å². The highest BCUT2D eigenvalue weighted by Gasteiger charge is 2.28. The van der Waals surface area contributed by atoms with Crippen molar-refractivity contribution >= 4 is 17.8 Å². The molecule has 2 amide bonds. The van der Waals surface area contributed by atoms with E-state index in [1.165, 1.54) is 4.90 Å². The number of likely N-dealkylation sites (tertiary alicyclic amines) is 1. The summed E-state index contributed by atoms with van der Waals surface area (Å²) < 4.78 is 0. The van der Waals surface area contributed by atoms with Gasteiger partial charge in [-0.1, -0.05) is 18.2 Å². The van der Waals surface area contributed by atoms with Gasteiger partial charge in [0, 0.05) is 25.7 Å². The number of hydrogen-bond acceptors (Lipinski definition) is 3. The highest BCUT2D eigenvalue weighted by molar-refractivity contribution is 5.98. The third kappa shape index (κ3) is 3.93. The largest absolute Gasteiger partial charge is 0.481 e. The molecule has 0 spiro atoms. The predicted octanol–water partition coefficient (Wildman–Crippen LogP) is 1.70. The lowest BCUT2D eigenvalue weighted by molar-refractivity contribution is -0.145. The number of piperidine rings is 1. The summed E-state index contributed by atoms with van der Waals surface area (Å²) in [6.45, 7) is 4.63. The zero-order chi connectivity index (χ0) is 17.9. The maximum absolute atomic E-state index is 12.6. The van der Waals surface area contributed by atoms with Crippen LogP contribution in [0.15, 0.2) is 18.2 Å². The second kappa shape index (κ2) is 7.47. The summed E-state index contributed by atoms with van der Waals surface area (Å²) in [6, 6.07) is 5.67. The molecule has 0 saturated carbocycles. The highest BCUT2D eigenvalue weighted by atomic mass is 16.4. The average Bonchev–Trinajstić information content (AvgIpc) is 2.54. The Morgan fingerprint density at radius 2 is 1.71 bits per heavy atom. The lowest BCUT2D eigenvalue weighted by Crippen LogP contribution is -2.45. The van der Waals surface area contributed by atoms with Gasteiger partial charge in [-0.15, -0.1) is 0 Å². The maximum atomic E-state index is 12.6. The summed E-state index contributed by atoms with van der Waals surface area (Å²) in [5, 5.41) is 9.00. The summed E-state index contributed by atoms with van der Waals surface area (Å²) in [5.41, 5.74) is 2.42. The number of benzene rings is 1. The number of nitrogens with zero attached hydrogens (tertiary/aromatic N) is 2. The molecule has 0 radical (unpaired) electrons. The van der Waals surface area contributed by atoms with E-state index < -0.39 is 5.97 Å². The molecule has 1 aliphatic heterocycles. The van der Waals surface area contributed by atoms with E-state index >= 15 is 0 Å². The first kappa shape index (κ1) is 18.0. The van der Waals surface area contributed by atoms with E-state index in [1.807, 2.05) is 32.0 Å². The molecule has 0 aromatic heterocycles. The Bertz CT molecular complexity index is 628. The summed E-state index contributed by atoms with van der Waals surface area (Å²) in [6.07, 6.45) is 0.936. The molecule has 0 aliphatic carbocycles. The van der Waals surface area contributed by atoms with Crippen molar-refractivity contribution in [3.63, 3.8) is 0 Å². The number of amides is 2. The first-order valence-corrected chi connectivity index (χ1v) is 8.13. The van der Waals surface area contributed by atoms with E-state index in [2.05, 4.69) is 0 Å². The van der Waals surface area contributed by atoms with Gasteiger partial charge in [-0.2, -0.15) is 0 Å². The molecule has 0 unspecified atom stereocenters. The summed E-state index contributed by atoms with van der Waals surface area (Å²) in [7, 11) is 1.62. The Balaban J connectivity index is 1.97. The minimum Gasteiger partial charge on any atom is -0.481 e. The van der Waals surface area contributed by atoms with Crippen LogP contribution < -0.4 is 0 Å². The van der Waals surface area contributed by atoms with E-state index in [1.54, 1.807) is 11.9 Å². The molecule has 0 atom stereocenters. The quantitative estimate of drug-likeness (QED) is 0.910. The zero-order valence-electron chi connectivity index (χ0n) is 14.4. The highest BCUT2D eigenvalue weighted by Crippen LogP contribution is 2.18. The van der Waals surface area contributed by atoms with Crippen molar-refractivity contribution < 1.29 is 19.5 Å². The van der Waals surface area contributed by atoms with Crippen LogP contribution in [-0.4, -0.2) is 59.4 Å². The molecule has 1 heterocycles. The number of aliphatic carboxylic acids is 1. The third-order valence-corrected chi connectivity index (χ3v) is 4.61. The Morgan fingerprint density at radius 3 is 2.21 bits per heavy atom. The zero-order valence-corrected chi connectivity index (χ0v) is 14.4. The monoisotopic (exact) mass is 332 g/mol. The summed E-state index contributed by atoms with van der Waals surface area (Å²) >= 11 is 0. The SMILES string of the molecule is Cc1cccc(C)c1C(=O)N(C)CC(=O)N1CCC(C(=O)O)CC1. The summed E-state index contributed by atoms with van der Waals surface area (Å²) in [4.78, 5) is 39.0. The number of carboxylic acids is 1. The second-order valence-electron chi connectivity index (χ2n) is 6.42. The van der Waals surface area contributed by atoms with Gasteiger partial charge in [0.15, 0.2) is 0 Å². The number of hydrogen-bond donors (Lipinski definition) is 1. The second-order valence-corrected chi connectivity index (χ2v) is 6.42. The van der Waals surface area contributed by atoms with Gasteiger partial charge in [0.05, 0.1) is 12.5 Å². The van der Waals surface area contributed by atoms with Gasteiger partial charge in [0.25, 0.3) is 5.91 Å². The topological polar surface area (TPSA) is 77.9 Å². The first-order valence-electron chi connectivity index (χ1n) is 8.13. The normalized spacial score (nSPS) is 15.2. The van der Waals surface area contributed by atoms with Crippen molar-refractivity contribution in [3.05, 3.63) is 34.9 Å². The molecular formula is C18H24N2O4. The standard InChI is InChI=1S/C18H24N2O4/c1-12-5-4-6-13(2)16(12)17(22)19(3)11-15(21)20-9-7-14(8-10-20)18(23)24/h4-6,14H,7-11H2,1-3H3,(H,23,24). The van der Waals surface area contributed by atoms with E-state index in [4.69, 9.17) is 5.11 Å². The van der Waals surface area contributed by atoms with Crippen LogP contribution in [-0.2, 0) is 9.59 Å². The third-order valence-electron chi connectivity index (χ3n) is 4.61. The molecule has 1 fully saturated rings. The van der Waals surface area contributed by atoms with Gasteiger partial charge in [-0.25, -0.2) is 0 Å². The van der Waals surface area contributed by atoms with Crippen molar-refractivity contribution in [2.45, 2.75) is 26.7 Å². The molecule has 1 aromatic carbocycles. The number of carboxylic acid groups (broad SMARTS) is 1. The van der Waals surface area contributed by atoms with Crippen molar-refractivity contribution in [2.75, 3.05) is 26.7 Å². The molecule has 24 heavy (non-hydrogen) atoms. The number of carbonyl (C=O) groups excluding carboxylic acids is 2. The predicted molar refractivity (Wildman–Crippen MR) is 89.8 cm³/mol. The van der Waals surface area contributed by atoms with E-state index in [0.29, 0.717) is 31.5 Å². The van der Waals surface area contributed by atoms with Crippen LogP contribution in [0, 0.1) is 19.8 Å². The van der Waals surface area contributed by atoms with Crippen LogP contribution in [0.3, 0.4) is 0 Å². The Kier molecular flexibility index (Phi) is 5.59. The minimum absolute atomic E-state index is 0.00431. The van der Waals surface area contributed by atoms with Crippen LogP contribution >= 0.6 is 0 Å². The van der Waals surface area contributed by atoms with Gasteiger partial charge in [0.1, 0.15) is 0 Å². The van der Waals surface area contributed by atoms with E-state index in [9.17, 15) is 14.4 Å². The molecule has 1 aromatic rings. The number of carbonyl (C=O) groups is 3. The maximum Gasteiger partial charge on any atom is 0.306 e. The molecule has 0 bridgehead atoms. The molecular weight excluding hydrogens is 308 g/mol. The average molecular weight is 332 g/mol. The van der Waals surface area contributed by atoms with Gasteiger partial charge < -0.3 is 14.9 Å². The van der Waals surface area contributed by atoms with Crippen LogP contribution in [0.4, 0.5) is 0 Å². The van der Waals surface area contributed by atoms with Crippen LogP contribution in [0.5, 0.6) is 0 Å². The van der Waals surface area contributed by atoms with Crippen molar-refractivity contribution in [2.24, 2.45) is 5.92 Å². The smallest absolute Gasteiger partial charge is 0.306 e. The molecule has 1 aliphatic rings. The Morgan fingerprint density at radius 1 is 1.17 bits per heavy atom. The Hall–Kier alpha value is -2.37. The van der Waals surface area contributed by atoms with Gasteiger partial charge in [-0.3, -0.25) is 14.4 Å². The van der Waals surface area contributed by atoms with Crippen LogP contribution in [0.25, 0.3) is 0 Å². The summed E-state index contributed by atoms with van der Waals surface area (Å²) in [5.74, 6) is -1.48. The fourth-order valence-corrected chi connectivity index (χ4v) is 3.09. The molecule has 6 heteroatoms. The lowest BCUT2D eigenvalue weighted by Gasteiger charge is -2.31. The van der Waals surface area contributed by atoms with E-state index in [0.717, 1.165) is 11.1 Å². The van der Waals surface area contributed by atoms with Gasteiger partial charge >= 0.3 is 5.97 Å². The lowest BCUT2D eigenvalue weighted by atomic mass is 9.97. The molecule has 1 N–H and O–H groups in total. The first-order chi connectivity index (χ1) is 11.3. The minimum atomic E-state index is -0.801. The fourth-order valence-electron chi connectivity index (χ4n) is 3.09. The molecule has 6 nitrogen and oxygen atoms in total. The van der Waals surface area contributed by atoms with Crippen LogP contribution in [0.1, 0.15) is 34.3 Å². The fraction of sp³-hybridized carbons (Fsp3) is 0.500. The van der Waals surface area contributed by atoms with Gasteiger partial charge in [0.2, 0.25) is 5.91 Å². The number of rotatable bonds is 4. The number of likely N-dealkylation sites (N-methyl/N-ethyl adjacent to an activating group) is 1. The Labute approximate surface area is 142 Å². The number of aryl methyl sites for hydroxylation is 2. The molecule has 1 saturated heterocycles.